The summed E-state index contributed by atoms with van der Waals surface area (Å²) in [4.78, 5) is 16.7. The first-order valence-electron chi connectivity index (χ1n) is 9.57. The van der Waals surface area contributed by atoms with Crippen LogP contribution in [0.5, 0.6) is 0 Å². The van der Waals surface area contributed by atoms with Crippen molar-refractivity contribution >= 4 is 12.0 Å². The number of para-hydroxylation sites is 1. The molecule has 142 valence electrons. The Hall–Kier alpha value is -3.18. The van der Waals surface area contributed by atoms with E-state index < -0.39 is 0 Å². The summed E-state index contributed by atoms with van der Waals surface area (Å²) in [6.07, 6.45) is 5.53. The molecular formula is C23H24N4O. The highest BCUT2D eigenvalue weighted by molar-refractivity contribution is 5.93. The predicted octanol–water partition coefficient (Wildman–Crippen LogP) is 3.33. The molecule has 0 saturated carbocycles. The van der Waals surface area contributed by atoms with Gasteiger partial charge in [0.2, 0.25) is 5.91 Å². The van der Waals surface area contributed by atoms with Gasteiger partial charge in [0, 0.05) is 49.6 Å². The Kier molecular flexibility index (Phi) is 5.35. The van der Waals surface area contributed by atoms with Gasteiger partial charge in [0.05, 0.1) is 11.4 Å². The molecule has 1 aliphatic rings. The molecule has 1 aliphatic heterocycles. The molecular weight excluding hydrogens is 348 g/mol. The maximum Gasteiger partial charge on any atom is 0.246 e. The Labute approximate surface area is 165 Å². The van der Waals surface area contributed by atoms with E-state index in [0.29, 0.717) is 0 Å². The maximum atomic E-state index is 12.6. The second kappa shape index (κ2) is 8.23. The minimum atomic E-state index is 0.0552. The molecule has 0 atom stereocenters. The molecule has 1 fully saturated rings. The SMILES string of the molecule is CN1CCN(C(=O)C=Cc2cn(-c3ccccc3)nc2-c2ccccc2)CC1. The van der Waals surface area contributed by atoms with Crippen molar-refractivity contribution in [3.05, 3.63) is 78.5 Å². The van der Waals surface area contributed by atoms with Crippen LogP contribution in [0.3, 0.4) is 0 Å². The third kappa shape index (κ3) is 4.05. The van der Waals surface area contributed by atoms with Gasteiger partial charge in [-0.05, 0) is 25.3 Å². The van der Waals surface area contributed by atoms with Crippen LogP contribution in [0.25, 0.3) is 23.0 Å². The molecule has 0 bridgehead atoms. The van der Waals surface area contributed by atoms with Crippen LogP contribution < -0.4 is 0 Å². The van der Waals surface area contributed by atoms with Gasteiger partial charge >= 0.3 is 0 Å². The van der Waals surface area contributed by atoms with Crippen molar-refractivity contribution in [2.75, 3.05) is 33.2 Å². The normalized spacial score (nSPS) is 15.2. The van der Waals surface area contributed by atoms with Crippen LogP contribution in [0.15, 0.2) is 72.9 Å². The van der Waals surface area contributed by atoms with Gasteiger partial charge in [-0.15, -0.1) is 0 Å². The fourth-order valence-electron chi connectivity index (χ4n) is 3.34. The lowest BCUT2D eigenvalue weighted by atomic mass is 10.1. The quantitative estimate of drug-likeness (QED) is 0.660. The number of hydrogen-bond acceptors (Lipinski definition) is 3. The molecule has 1 aromatic heterocycles. The van der Waals surface area contributed by atoms with E-state index in [-0.39, 0.29) is 5.91 Å². The Bertz CT molecular complexity index is 955. The van der Waals surface area contributed by atoms with Gasteiger partial charge in [0.15, 0.2) is 0 Å². The largest absolute Gasteiger partial charge is 0.337 e. The van der Waals surface area contributed by atoms with Crippen LogP contribution in [0.4, 0.5) is 0 Å². The third-order valence-electron chi connectivity index (χ3n) is 5.03. The van der Waals surface area contributed by atoms with Gasteiger partial charge in [-0.3, -0.25) is 4.79 Å². The smallest absolute Gasteiger partial charge is 0.246 e. The van der Waals surface area contributed by atoms with E-state index in [4.69, 9.17) is 5.10 Å². The fraction of sp³-hybridized carbons (Fsp3) is 0.217. The van der Waals surface area contributed by atoms with Crippen LogP contribution >= 0.6 is 0 Å². The first-order valence-corrected chi connectivity index (χ1v) is 9.57. The van der Waals surface area contributed by atoms with Crippen LogP contribution in [-0.4, -0.2) is 58.7 Å². The predicted molar refractivity (Wildman–Crippen MR) is 112 cm³/mol. The van der Waals surface area contributed by atoms with Gasteiger partial charge in [-0.2, -0.15) is 5.10 Å². The van der Waals surface area contributed by atoms with Crippen LogP contribution in [-0.2, 0) is 4.79 Å². The third-order valence-corrected chi connectivity index (χ3v) is 5.03. The van der Waals surface area contributed by atoms with Crippen LogP contribution in [0, 0.1) is 0 Å². The summed E-state index contributed by atoms with van der Waals surface area (Å²) < 4.78 is 1.86. The minimum absolute atomic E-state index is 0.0552. The molecule has 28 heavy (non-hydrogen) atoms. The summed E-state index contributed by atoms with van der Waals surface area (Å²) in [6, 6.07) is 20.1. The molecule has 2 aromatic carbocycles. The van der Waals surface area contributed by atoms with Crippen molar-refractivity contribution in [2.45, 2.75) is 0 Å². The van der Waals surface area contributed by atoms with Gasteiger partial charge < -0.3 is 9.80 Å². The van der Waals surface area contributed by atoms with E-state index in [1.54, 1.807) is 6.08 Å². The second-order valence-corrected chi connectivity index (χ2v) is 7.04. The highest BCUT2D eigenvalue weighted by atomic mass is 16.2. The number of carbonyl (C=O) groups excluding carboxylic acids is 1. The Morgan fingerprint density at radius 3 is 2.25 bits per heavy atom. The van der Waals surface area contributed by atoms with Gasteiger partial charge in [-0.25, -0.2) is 4.68 Å². The van der Waals surface area contributed by atoms with Gasteiger partial charge in [0.1, 0.15) is 0 Å². The molecule has 0 spiro atoms. The van der Waals surface area contributed by atoms with Gasteiger partial charge in [0.25, 0.3) is 0 Å². The Morgan fingerprint density at radius 1 is 0.929 bits per heavy atom. The number of aromatic nitrogens is 2. The van der Waals surface area contributed by atoms with Crippen molar-refractivity contribution in [1.82, 2.24) is 19.6 Å². The number of benzene rings is 2. The molecule has 0 radical (unpaired) electrons. The highest BCUT2D eigenvalue weighted by Crippen LogP contribution is 2.24. The molecule has 0 unspecified atom stereocenters. The molecule has 3 aromatic rings. The summed E-state index contributed by atoms with van der Waals surface area (Å²) in [5.41, 5.74) is 3.82. The molecule has 0 N–H and O–H groups in total. The summed E-state index contributed by atoms with van der Waals surface area (Å²) in [5.74, 6) is 0.0552. The zero-order valence-corrected chi connectivity index (χ0v) is 16.0. The van der Waals surface area contributed by atoms with E-state index in [9.17, 15) is 4.79 Å². The molecule has 1 amide bonds. The molecule has 1 saturated heterocycles. The van der Waals surface area contributed by atoms with Crippen molar-refractivity contribution in [3.8, 4) is 16.9 Å². The fourth-order valence-corrected chi connectivity index (χ4v) is 3.34. The van der Waals surface area contributed by atoms with Crippen molar-refractivity contribution in [3.63, 3.8) is 0 Å². The number of piperazine rings is 1. The van der Waals surface area contributed by atoms with E-state index in [1.807, 2.05) is 82.5 Å². The molecule has 2 heterocycles. The summed E-state index contributed by atoms with van der Waals surface area (Å²) in [7, 11) is 2.09. The zero-order valence-electron chi connectivity index (χ0n) is 16.0. The van der Waals surface area contributed by atoms with Gasteiger partial charge in [-0.1, -0.05) is 48.5 Å². The van der Waals surface area contributed by atoms with E-state index in [0.717, 1.165) is 48.7 Å². The van der Waals surface area contributed by atoms with Crippen LogP contribution in [0.2, 0.25) is 0 Å². The number of likely N-dealkylation sites (N-methyl/N-ethyl adjacent to an activating group) is 1. The minimum Gasteiger partial charge on any atom is -0.337 e. The Morgan fingerprint density at radius 2 is 1.57 bits per heavy atom. The maximum absolute atomic E-state index is 12.6. The lowest BCUT2D eigenvalue weighted by Crippen LogP contribution is -2.46. The average Bonchev–Trinajstić information content (AvgIpc) is 3.18. The molecule has 0 aliphatic carbocycles. The monoisotopic (exact) mass is 372 g/mol. The lowest BCUT2D eigenvalue weighted by molar-refractivity contribution is -0.127. The number of hydrogen-bond donors (Lipinski definition) is 0. The van der Waals surface area contributed by atoms with Crippen molar-refractivity contribution in [1.29, 1.82) is 0 Å². The van der Waals surface area contributed by atoms with Crippen molar-refractivity contribution in [2.24, 2.45) is 0 Å². The lowest BCUT2D eigenvalue weighted by Gasteiger charge is -2.31. The topological polar surface area (TPSA) is 41.4 Å². The number of rotatable bonds is 4. The summed E-state index contributed by atoms with van der Waals surface area (Å²) in [5, 5.41) is 4.78. The number of nitrogens with zero attached hydrogens (tertiary/aromatic N) is 4. The van der Waals surface area contributed by atoms with E-state index >= 15 is 0 Å². The number of amides is 1. The van der Waals surface area contributed by atoms with E-state index in [2.05, 4.69) is 11.9 Å². The van der Waals surface area contributed by atoms with Crippen molar-refractivity contribution < 1.29 is 4.79 Å². The zero-order chi connectivity index (χ0) is 19.3. The standard InChI is InChI=1S/C23H24N4O/c1-25-14-16-26(17-15-25)22(28)13-12-20-18-27(21-10-6-3-7-11-21)24-23(20)19-8-4-2-5-9-19/h2-13,18H,14-17H2,1H3. The van der Waals surface area contributed by atoms with Crippen LogP contribution in [0.1, 0.15) is 5.56 Å². The first kappa shape index (κ1) is 18.2. The Balaban J connectivity index is 1.63. The average molecular weight is 372 g/mol. The highest BCUT2D eigenvalue weighted by Gasteiger charge is 2.17. The molecule has 5 heteroatoms. The first-order chi connectivity index (χ1) is 13.7. The summed E-state index contributed by atoms with van der Waals surface area (Å²) >= 11 is 0. The second-order valence-electron chi connectivity index (χ2n) is 7.04. The van der Waals surface area contributed by atoms with E-state index in [1.165, 1.54) is 0 Å². The number of carbonyl (C=O) groups is 1. The summed E-state index contributed by atoms with van der Waals surface area (Å²) in [6.45, 7) is 3.38. The molecule has 4 rings (SSSR count). The molecule has 5 nitrogen and oxygen atoms in total.